The molecule has 2 aromatic rings. The van der Waals surface area contributed by atoms with E-state index in [4.69, 9.17) is 18.6 Å². The monoisotopic (exact) mass is 290 g/mol. The van der Waals surface area contributed by atoms with Crippen LogP contribution < -0.4 is 0 Å². The highest BCUT2D eigenvalue weighted by molar-refractivity contribution is 5.86. The molecule has 0 aliphatic rings. The van der Waals surface area contributed by atoms with Crippen LogP contribution in [0.2, 0.25) is 0 Å². The molecular weight excluding hydrogens is 272 g/mol. The Morgan fingerprint density at radius 1 is 0.905 bits per heavy atom. The molecular formula is C16H18O5. The van der Waals surface area contributed by atoms with Crippen LogP contribution in [0.1, 0.15) is 16.1 Å². The van der Waals surface area contributed by atoms with Gasteiger partial charge in [0.1, 0.15) is 6.61 Å². The van der Waals surface area contributed by atoms with Gasteiger partial charge >= 0.3 is 5.97 Å². The number of esters is 1. The molecule has 0 saturated carbocycles. The van der Waals surface area contributed by atoms with E-state index >= 15 is 0 Å². The standard InChI is InChI=1S/C16H18O5/c17-16(15-7-4-8-20-15)21-12-11-18-9-10-19-13-14-5-2-1-3-6-14/h1-8H,9-13H2. The fraction of sp³-hybridized carbons (Fsp3) is 0.312. The maximum absolute atomic E-state index is 11.4. The summed E-state index contributed by atoms with van der Waals surface area (Å²) in [7, 11) is 0. The summed E-state index contributed by atoms with van der Waals surface area (Å²) < 4.78 is 20.6. The number of rotatable bonds is 9. The third kappa shape index (κ3) is 5.81. The average Bonchev–Trinajstić information content (AvgIpc) is 3.05. The van der Waals surface area contributed by atoms with Crippen molar-refractivity contribution in [3.8, 4) is 0 Å². The molecule has 0 aliphatic heterocycles. The third-order valence-corrected chi connectivity index (χ3v) is 2.67. The van der Waals surface area contributed by atoms with E-state index in [1.165, 1.54) is 6.26 Å². The fourth-order valence-corrected chi connectivity index (χ4v) is 1.64. The van der Waals surface area contributed by atoms with E-state index in [2.05, 4.69) is 0 Å². The van der Waals surface area contributed by atoms with E-state index in [-0.39, 0.29) is 12.4 Å². The van der Waals surface area contributed by atoms with Gasteiger partial charge in [-0.05, 0) is 17.7 Å². The first-order valence-corrected chi connectivity index (χ1v) is 6.76. The molecule has 0 fully saturated rings. The zero-order valence-electron chi connectivity index (χ0n) is 11.7. The van der Waals surface area contributed by atoms with Gasteiger partial charge in [-0.25, -0.2) is 4.79 Å². The molecule has 0 bridgehead atoms. The van der Waals surface area contributed by atoms with Gasteiger partial charge in [0, 0.05) is 0 Å². The molecule has 21 heavy (non-hydrogen) atoms. The number of furan rings is 1. The predicted molar refractivity (Wildman–Crippen MR) is 75.9 cm³/mol. The molecule has 0 saturated heterocycles. The number of benzene rings is 1. The summed E-state index contributed by atoms with van der Waals surface area (Å²) in [6.07, 6.45) is 1.43. The van der Waals surface area contributed by atoms with E-state index < -0.39 is 5.97 Å². The average molecular weight is 290 g/mol. The summed E-state index contributed by atoms with van der Waals surface area (Å²) in [6, 6.07) is 13.1. The van der Waals surface area contributed by atoms with E-state index in [1.54, 1.807) is 12.1 Å². The van der Waals surface area contributed by atoms with E-state index in [1.807, 2.05) is 30.3 Å². The van der Waals surface area contributed by atoms with Gasteiger partial charge in [-0.3, -0.25) is 0 Å². The molecule has 1 aromatic heterocycles. The fourth-order valence-electron chi connectivity index (χ4n) is 1.64. The maximum atomic E-state index is 11.4. The summed E-state index contributed by atoms with van der Waals surface area (Å²) in [5, 5.41) is 0. The van der Waals surface area contributed by atoms with Crippen molar-refractivity contribution < 1.29 is 23.4 Å². The van der Waals surface area contributed by atoms with Gasteiger partial charge in [0.2, 0.25) is 5.76 Å². The van der Waals surface area contributed by atoms with Crippen molar-refractivity contribution in [2.24, 2.45) is 0 Å². The van der Waals surface area contributed by atoms with Crippen LogP contribution in [0.15, 0.2) is 53.1 Å². The minimum Gasteiger partial charge on any atom is -0.457 e. The Morgan fingerprint density at radius 3 is 2.43 bits per heavy atom. The van der Waals surface area contributed by atoms with Crippen molar-refractivity contribution in [2.75, 3.05) is 26.4 Å². The smallest absolute Gasteiger partial charge is 0.374 e. The van der Waals surface area contributed by atoms with E-state index in [9.17, 15) is 4.79 Å². The molecule has 5 heteroatoms. The van der Waals surface area contributed by atoms with Crippen LogP contribution in [-0.4, -0.2) is 32.4 Å². The Bertz CT molecular complexity index is 507. The van der Waals surface area contributed by atoms with Gasteiger partial charge in [0.25, 0.3) is 0 Å². The number of carbonyl (C=O) groups is 1. The van der Waals surface area contributed by atoms with Gasteiger partial charge in [-0.15, -0.1) is 0 Å². The van der Waals surface area contributed by atoms with Crippen molar-refractivity contribution in [3.63, 3.8) is 0 Å². The molecule has 0 atom stereocenters. The Hall–Kier alpha value is -2.11. The van der Waals surface area contributed by atoms with E-state index in [0.717, 1.165) is 5.56 Å². The number of carbonyl (C=O) groups excluding carboxylic acids is 1. The quantitative estimate of drug-likeness (QED) is 0.525. The third-order valence-electron chi connectivity index (χ3n) is 2.67. The van der Waals surface area contributed by atoms with Crippen molar-refractivity contribution in [1.29, 1.82) is 0 Å². The van der Waals surface area contributed by atoms with E-state index in [0.29, 0.717) is 26.4 Å². The van der Waals surface area contributed by atoms with Crippen LogP contribution in [0, 0.1) is 0 Å². The van der Waals surface area contributed by atoms with Crippen LogP contribution in [0.25, 0.3) is 0 Å². The normalized spacial score (nSPS) is 10.5. The number of hydrogen-bond donors (Lipinski definition) is 0. The Kier molecular flexibility index (Phi) is 6.51. The lowest BCUT2D eigenvalue weighted by molar-refractivity contribution is 0.0101. The van der Waals surface area contributed by atoms with Crippen LogP contribution in [0.5, 0.6) is 0 Å². The largest absolute Gasteiger partial charge is 0.457 e. The van der Waals surface area contributed by atoms with Crippen LogP contribution in [0.4, 0.5) is 0 Å². The van der Waals surface area contributed by atoms with Crippen molar-refractivity contribution in [1.82, 2.24) is 0 Å². The van der Waals surface area contributed by atoms with Crippen molar-refractivity contribution in [3.05, 3.63) is 60.1 Å². The molecule has 5 nitrogen and oxygen atoms in total. The SMILES string of the molecule is O=C(OCCOCCOCc1ccccc1)c1ccco1. The second kappa shape index (κ2) is 8.94. The zero-order chi connectivity index (χ0) is 14.8. The molecule has 0 N–H and O–H groups in total. The van der Waals surface area contributed by atoms with Crippen LogP contribution >= 0.6 is 0 Å². The van der Waals surface area contributed by atoms with Crippen molar-refractivity contribution in [2.45, 2.75) is 6.61 Å². The molecule has 0 radical (unpaired) electrons. The van der Waals surface area contributed by atoms with Crippen LogP contribution in [0.3, 0.4) is 0 Å². The molecule has 0 unspecified atom stereocenters. The maximum Gasteiger partial charge on any atom is 0.374 e. The first-order chi connectivity index (χ1) is 10.4. The molecule has 1 aromatic carbocycles. The number of ether oxygens (including phenoxy) is 3. The lowest BCUT2D eigenvalue weighted by Gasteiger charge is -2.06. The highest BCUT2D eigenvalue weighted by Crippen LogP contribution is 2.02. The summed E-state index contributed by atoms with van der Waals surface area (Å²) >= 11 is 0. The second-order valence-electron chi connectivity index (χ2n) is 4.26. The first-order valence-electron chi connectivity index (χ1n) is 6.76. The molecule has 112 valence electrons. The Labute approximate surface area is 123 Å². The number of hydrogen-bond acceptors (Lipinski definition) is 5. The molecule has 0 aliphatic carbocycles. The van der Waals surface area contributed by atoms with Gasteiger partial charge < -0.3 is 18.6 Å². The summed E-state index contributed by atoms with van der Waals surface area (Å²) in [5.74, 6) is -0.287. The summed E-state index contributed by atoms with van der Waals surface area (Å²) in [4.78, 5) is 11.4. The minimum absolute atomic E-state index is 0.193. The van der Waals surface area contributed by atoms with Gasteiger partial charge in [-0.2, -0.15) is 0 Å². The lowest BCUT2D eigenvalue weighted by Crippen LogP contribution is -2.12. The molecule has 1 heterocycles. The lowest BCUT2D eigenvalue weighted by atomic mass is 10.2. The Morgan fingerprint density at radius 2 is 1.67 bits per heavy atom. The predicted octanol–water partition coefficient (Wildman–Crippen LogP) is 2.67. The van der Waals surface area contributed by atoms with Gasteiger partial charge in [0.05, 0.1) is 32.7 Å². The molecule has 2 rings (SSSR count). The van der Waals surface area contributed by atoms with Crippen LogP contribution in [-0.2, 0) is 20.8 Å². The minimum atomic E-state index is -0.482. The zero-order valence-corrected chi connectivity index (χ0v) is 11.7. The van der Waals surface area contributed by atoms with Gasteiger partial charge in [0.15, 0.2) is 0 Å². The van der Waals surface area contributed by atoms with Gasteiger partial charge in [-0.1, -0.05) is 30.3 Å². The van der Waals surface area contributed by atoms with Crippen molar-refractivity contribution >= 4 is 5.97 Å². The summed E-state index contributed by atoms with van der Waals surface area (Å²) in [5.41, 5.74) is 1.13. The highest BCUT2D eigenvalue weighted by Gasteiger charge is 2.08. The molecule has 0 spiro atoms. The Balaban J connectivity index is 1.44. The topological polar surface area (TPSA) is 57.9 Å². The first kappa shape index (κ1) is 15.3. The molecule has 0 amide bonds. The summed E-state index contributed by atoms with van der Waals surface area (Å²) in [6.45, 7) is 2.06. The highest BCUT2D eigenvalue weighted by atomic mass is 16.6. The second-order valence-corrected chi connectivity index (χ2v) is 4.26.